The summed E-state index contributed by atoms with van der Waals surface area (Å²) in [5, 5.41) is 0.780. The number of halogens is 1. The zero-order chi connectivity index (χ0) is 13.9. The van der Waals surface area contributed by atoms with Crippen LogP contribution in [0.3, 0.4) is 0 Å². The number of nitrogens with zero attached hydrogens (tertiary/aromatic N) is 3. The molecule has 106 valence electrons. The molecule has 0 saturated carbocycles. The molecular weight excluding hydrogens is 257 g/mol. The van der Waals surface area contributed by atoms with Gasteiger partial charge in [0.2, 0.25) is 0 Å². The summed E-state index contributed by atoms with van der Waals surface area (Å²) in [6.07, 6.45) is 3.74. The molecule has 2 aromatic rings. The van der Waals surface area contributed by atoms with E-state index in [1.54, 1.807) is 6.07 Å². The molecule has 0 unspecified atom stereocenters. The maximum absolute atomic E-state index is 13.8. The van der Waals surface area contributed by atoms with E-state index in [4.69, 9.17) is 4.74 Å². The van der Waals surface area contributed by atoms with Gasteiger partial charge < -0.3 is 9.64 Å². The minimum atomic E-state index is -0.296. The van der Waals surface area contributed by atoms with Crippen LogP contribution in [0.2, 0.25) is 0 Å². The van der Waals surface area contributed by atoms with E-state index in [0.29, 0.717) is 11.6 Å². The first-order valence-corrected chi connectivity index (χ1v) is 7.05. The largest absolute Gasteiger partial charge is 0.378 e. The van der Waals surface area contributed by atoms with Crippen molar-refractivity contribution in [3.8, 4) is 0 Å². The Labute approximate surface area is 117 Å². The molecule has 2 heterocycles. The fourth-order valence-corrected chi connectivity index (χ4v) is 2.76. The summed E-state index contributed by atoms with van der Waals surface area (Å²) in [5.41, 5.74) is 0.393. The SMILES string of the molecule is CCOC1CCN(c2ncnc3c(F)cccc23)CC1. The van der Waals surface area contributed by atoms with Gasteiger partial charge in [-0.1, -0.05) is 6.07 Å². The van der Waals surface area contributed by atoms with Crippen LogP contribution < -0.4 is 4.90 Å². The van der Waals surface area contributed by atoms with Crippen LogP contribution in [0, 0.1) is 5.82 Å². The summed E-state index contributed by atoms with van der Waals surface area (Å²) >= 11 is 0. The van der Waals surface area contributed by atoms with E-state index in [1.807, 2.05) is 13.0 Å². The van der Waals surface area contributed by atoms with Crippen LogP contribution in [0.4, 0.5) is 10.2 Å². The Morgan fingerprint density at radius 1 is 1.30 bits per heavy atom. The molecule has 0 amide bonds. The van der Waals surface area contributed by atoms with Crippen LogP contribution in [0.5, 0.6) is 0 Å². The number of fused-ring (bicyclic) bond motifs is 1. The summed E-state index contributed by atoms with van der Waals surface area (Å²) in [7, 11) is 0. The van der Waals surface area contributed by atoms with Gasteiger partial charge in [0.25, 0.3) is 0 Å². The molecule has 1 aliphatic rings. The van der Waals surface area contributed by atoms with Gasteiger partial charge in [-0.3, -0.25) is 0 Å². The highest BCUT2D eigenvalue weighted by molar-refractivity contribution is 5.89. The Kier molecular flexibility index (Phi) is 3.78. The Hall–Kier alpha value is -1.75. The lowest BCUT2D eigenvalue weighted by atomic mass is 10.1. The highest BCUT2D eigenvalue weighted by Crippen LogP contribution is 2.27. The molecule has 4 nitrogen and oxygen atoms in total. The van der Waals surface area contributed by atoms with Crippen LogP contribution in [-0.4, -0.2) is 35.8 Å². The standard InChI is InChI=1S/C15H18FN3O/c1-2-20-11-6-8-19(9-7-11)15-12-4-3-5-13(16)14(12)17-10-18-15/h3-5,10-11H,2,6-9H2,1H3. The van der Waals surface area contributed by atoms with Gasteiger partial charge in [0.1, 0.15) is 23.5 Å². The molecular formula is C15H18FN3O. The third-order valence-electron chi connectivity index (χ3n) is 3.74. The Balaban J connectivity index is 1.86. The number of rotatable bonds is 3. The van der Waals surface area contributed by atoms with Crippen LogP contribution >= 0.6 is 0 Å². The van der Waals surface area contributed by atoms with E-state index < -0.39 is 0 Å². The van der Waals surface area contributed by atoms with E-state index in [0.717, 1.165) is 43.7 Å². The lowest BCUT2D eigenvalue weighted by Crippen LogP contribution is -2.37. The topological polar surface area (TPSA) is 38.2 Å². The zero-order valence-electron chi connectivity index (χ0n) is 11.6. The first kappa shape index (κ1) is 13.2. The molecule has 1 saturated heterocycles. The summed E-state index contributed by atoms with van der Waals surface area (Å²) in [5.74, 6) is 0.528. The molecule has 1 aliphatic heterocycles. The molecule has 5 heteroatoms. The van der Waals surface area contributed by atoms with E-state index in [1.165, 1.54) is 12.4 Å². The second-order valence-electron chi connectivity index (χ2n) is 4.98. The van der Waals surface area contributed by atoms with Crippen molar-refractivity contribution in [2.45, 2.75) is 25.9 Å². The zero-order valence-corrected chi connectivity index (χ0v) is 11.6. The monoisotopic (exact) mass is 275 g/mol. The van der Waals surface area contributed by atoms with Gasteiger partial charge in [-0.2, -0.15) is 0 Å². The first-order valence-electron chi connectivity index (χ1n) is 7.05. The second kappa shape index (κ2) is 5.71. The van der Waals surface area contributed by atoms with Gasteiger partial charge in [-0.15, -0.1) is 0 Å². The van der Waals surface area contributed by atoms with Crippen molar-refractivity contribution in [3.05, 3.63) is 30.3 Å². The molecule has 1 fully saturated rings. The van der Waals surface area contributed by atoms with Gasteiger partial charge in [-0.05, 0) is 31.9 Å². The van der Waals surface area contributed by atoms with E-state index in [2.05, 4.69) is 14.9 Å². The molecule has 1 aromatic carbocycles. The lowest BCUT2D eigenvalue weighted by molar-refractivity contribution is 0.0459. The fourth-order valence-electron chi connectivity index (χ4n) is 2.76. The maximum Gasteiger partial charge on any atom is 0.149 e. The molecule has 0 aliphatic carbocycles. The normalized spacial score (nSPS) is 16.8. The number of anilines is 1. The average Bonchev–Trinajstić information content (AvgIpc) is 2.48. The van der Waals surface area contributed by atoms with Gasteiger partial charge >= 0.3 is 0 Å². The van der Waals surface area contributed by atoms with E-state index >= 15 is 0 Å². The van der Waals surface area contributed by atoms with Crippen LogP contribution in [0.25, 0.3) is 10.9 Å². The molecule has 0 N–H and O–H groups in total. The summed E-state index contributed by atoms with van der Waals surface area (Å²) in [4.78, 5) is 10.6. The lowest BCUT2D eigenvalue weighted by Gasteiger charge is -2.33. The van der Waals surface area contributed by atoms with Crippen LogP contribution in [0.1, 0.15) is 19.8 Å². The molecule has 20 heavy (non-hydrogen) atoms. The Morgan fingerprint density at radius 2 is 2.10 bits per heavy atom. The van der Waals surface area contributed by atoms with E-state index in [9.17, 15) is 4.39 Å². The molecule has 1 aromatic heterocycles. The predicted octanol–water partition coefficient (Wildman–Crippen LogP) is 2.77. The van der Waals surface area contributed by atoms with Gasteiger partial charge in [-0.25, -0.2) is 14.4 Å². The van der Waals surface area contributed by atoms with Crippen molar-refractivity contribution in [1.82, 2.24) is 9.97 Å². The van der Waals surface area contributed by atoms with Crippen LogP contribution in [0.15, 0.2) is 24.5 Å². The van der Waals surface area contributed by atoms with E-state index in [-0.39, 0.29) is 5.82 Å². The highest BCUT2D eigenvalue weighted by Gasteiger charge is 2.22. The number of aromatic nitrogens is 2. The van der Waals surface area contributed by atoms with Crippen molar-refractivity contribution in [3.63, 3.8) is 0 Å². The fraction of sp³-hybridized carbons (Fsp3) is 0.467. The van der Waals surface area contributed by atoms with Crippen molar-refractivity contribution >= 4 is 16.7 Å². The predicted molar refractivity (Wildman–Crippen MR) is 76.4 cm³/mol. The first-order chi connectivity index (χ1) is 9.79. The van der Waals surface area contributed by atoms with Crippen molar-refractivity contribution in [2.24, 2.45) is 0 Å². The summed E-state index contributed by atoms with van der Waals surface area (Å²) in [6.45, 7) is 4.54. The number of piperidine rings is 1. The Morgan fingerprint density at radius 3 is 2.85 bits per heavy atom. The number of para-hydroxylation sites is 1. The quantitative estimate of drug-likeness (QED) is 0.863. The minimum absolute atomic E-state index is 0.296. The molecule has 3 rings (SSSR count). The van der Waals surface area contributed by atoms with Crippen molar-refractivity contribution in [2.75, 3.05) is 24.6 Å². The third kappa shape index (κ3) is 2.45. The molecule has 0 atom stereocenters. The van der Waals surface area contributed by atoms with Crippen molar-refractivity contribution < 1.29 is 9.13 Å². The maximum atomic E-state index is 13.8. The average molecular weight is 275 g/mol. The van der Waals surface area contributed by atoms with Gasteiger partial charge in [0.05, 0.1) is 6.10 Å². The minimum Gasteiger partial charge on any atom is -0.378 e. The van der Waals surface area contributed by atoms with Crippen molar-refractivity contribution in [1.29, 1.82) is 0 Å². The third-order valence-corrected chi connectivity index (χ3v) is 3.74. The second-order valence-corrected chi connectivity index (χ2v) is 4.98. The number of ether oxygens (including phenoxy) is 1. The molecule has 0 radical (unpaired) electrons. The summed E-state index contributed by atoms with van der Waals surface area (Å²) in [6, 6.07) is 5.01. The number of hydrogen-bond donors (Lipinski definition) is 0. The Bertz CT molecular complexity index is 597. The van der Waals surface area contributed by atoms with Gasteiger partial charge in [0.15, 0.2) is 0 Å². The number of benzene rings is 1. The number of hydrogen-bond acceptors (Lipinski definition) is 4. The van der Waals surface area contributed by atoms with Gasteiger partial charge in [0, 0.05) is 25.1 Å². The van der Waals surface area contributed by atoms with Crippen LogP contribution in [-0.2, 0) is 4.74 Å². The highest BCUT2D eigenvalue weighted by atomic mass is 19.1. The molecule has 0 spiro atoms. The summed E-state index contributed by atoms with van der Waals surface area (Å²) < 4.78 is 19.4. The molecule has 0 bridgehead atoms. The smallest absolute Gasteiger partial charge is 0.149 e.